The summed E-state index contributed by atoms with van der Waals surface area (Å²) in [6.07, 6.45) is 4.91. The molecule has 0 bridgehead atoms. The van der Waals surface area contributed by atoms with E-state index >= 15 is 0 Å². The Hall–Kier alpha value is -1.41. The number of benzene rings is 1. The third-order valence-corrected chi connectivity index (χ3v) is 6.41. The molecule has 2 aromatic rings. The molecule has 6 nitrogen and oxygen atoms in total. The van der Waals surface area contributed by atoms with Gasteiger partial charge < -0.3 is 4.90 Å². The largest absolute Gasteiger partial charge is 0.353 e. The molecule has 1 aromatic carbocycles. The molecule has 0 unspecified atom stereocenters. The van der Waals surface area contributed by atoms with Crippen molar-refractivity contribution in [3.05, 3.63) is 52.4 Å². The summed E-state index contributed by atoms with van der Waals surface area (Å²) in [6, 6.07) is 4.98. The lowest BCUT2D eigenvalue weighted by molar-refractivity contribution is 0.383. The molecule has 0 atom stereocenters. The number of aromatic nitrogens is 2. The first kappa shape index (κ1) is 17.4. The van der Waals surface area contributed by atoms with Crippen molar-refractivity contribution in [1.29, 1.82) is 0 Å². The molecule has 1 aliphatic rings. The standard InChI is InChI=1S/C15H16Cl2N4O2S/c16-13-2-1-3-14(17)12(13)11-24(22,23)21-8-6-20(7-9-21)15-10-18-4-5-19-15/h1-5,10H,6-9,11H2. The minimum Gasteiger partial charge on any atom is -0.353 e. The molecule has 2 heterocycles. The van der Waals surface area contributed by atoms with Gasteiger partial charge >= 0.3 is 0 Å². The van der Waals surface area contributed by atoms with Gasteiger partial charge in [0, 0.05) is 54.2 Å². The van der Waals surface area contributed by atoms with Gasteiger partial charge in [0.05, 0.1) is 11.9 Å². The van der Waals surface area contributed by atoms with Crippen molar-refractivity contribution in [2.75, 3.05) is 31.1 Å². The van der Waals surface area contributed by atoms with Gasteiger partial charge in [-0.1, -0.05) is 29.3 Å². The van der Waals surface area contributed by atoms with Gasteiger partial charge in [0.15, 0.2) is 0 Å². The fraction of sp³-hybridized carbons (Fsp3) is 0.333. The Balaban J connectivity index is 1.69. The van der Waals surface area contributed by atoms with Crippen LogP contribution in [0.2, 0.25) is 10.0 Å². The lowest BCUT2D eigenvalue weighted by Gasteiger charge is -2.34. The van der Waals surface area contributed by atoms with E-state index < -0.39 is 10.0 Å². The Labute approximate surface area is 151 Å². The number of sulfonamides is 1. The maximum Gasteiger partial charge on any atom is 0.218 e. The number of hydrogen-bond acceptors (Lipinski definition) is 5. The first-order valence-corrected chi connectivity index (χ1v) is 9.75. The Bertz CT molecular complexity index is 789. The molecule has 24 heavy (non-hydrogen) atoms. The van der Waals surface area contributed by atoms with Crippen molar-refractivity contribution in [1.82, 2.24) is 14.3 Å². The van der Waals surface area contributed by atoms with Crippen molar-refractivity contribution in [3.63, 3.8) is 0 Å². The van der Waals surface area contributed by atoms with Crippen molar-refractivity contribution < 1.29 is 8.42 Å². The first-order valence-electron chi connectivity index (χ1n) is 7.39. The number of anilines is 1. The van der Waals surface area contributed by atoms with Gasteiger partial charge in [-0.3, -0.25) is 4.98 Å². The number of halogens is 2. The molecule has 0 N–H and O–H groups in total. The normalized spacial score (nSPS) is 16.3. The van der Waals surface area contributed by atoms with Crippen LogP contribution < -0.4 is 4.90 Å². The average Bonchev–Trinajstić information content (AvgIpc) is 2.59. The third-order valence-electron chi connectivity index (χ3n) is 3.89. The van der Waals surface area contributed by atoms with Crippen LogP contribution in [0.1, 0.15) is 5.56 Å². The average molecular weight is 387 g/mol. The van der Waals surface area contributed by atoms with Gasteiger partial charge in [-0.15, -0.1) is 0 Å². The van der Waals surface area contributed by atoms with Crippen molar-refractivity contribution in [3.8, 4) is 0 Å². The summed E-state index contributed by atoms with van der Waals surface area (Å²) in [5.41, 5.74) is 0.442. The highest BCUT2D eigenvalue weighted by Crippen LogP contribution is 2.27. The Morgan fingerprint density at radius 1 is 1.04 bits per heavy atom. The SMILES string of the molecule is O=S(=O)(Cc1c(Cl)cccc1Cl)N1CCN(c2cnccn2)CC1. The third kappa shape index (κ3) is 3.80. The molecule has 0 saturated carbocycles. The zero-order valence-electron chi connectivity index (χ0n) is 12.8. The molecule has 9 heteroatoms. The topological polar surface area (TPSA) is 66.4 Å². The van der Waals surface area contributed by atoms with Gasteiger partial charge in [0.25, 0.3) is 0 Å². The Morgan fingerprint density at radius 3 is 2.29 bits per heavy atom. The second-order valence-electron chi connectivity index (χ2n) is 5.41. The van der Waals surface area contributed by atoms with E-state index in [0.29, 0.717) is 41.8 Å². The summed E-state index contributed by atoms with van der Waals surface area (Å²) in [5.74, 6) is 0.556. The number of nitrogens with zero attached hydrogens (tertiary/aromatic N) is 4. The van der Waals surface area contributed by atoms with Crippen LogP contribution in [0.25, 0.3) is 0 Å². The van der Waals surface area contributed by atoms with Crippen LogP contribution in [0.4, 0.5) is 5.82 Å². The summed E-state index contributed by atoms with van der Waals surface area (Å²) in [7, 11) is -3.49. The quantitative estimate of drug-likeness (QED) is 0.806. The predicted octanol–water partition coefficient (Wildman–Crippen LogP) is 2.44. The molecule has 1 aromatic heterocycles. The second-order valence-corrected chi connectivity index (χ2v) is 8.19. The fourth-order valence-corrected chi connectivity index (χ4v) is 4.86. The smallest absolute Gasteiger partial charge is 0.218 e. The molecule has 1 aliphatic heterocycles. The highest BCUT2D eigenvalue weighted by atomic mass is 35.5. The van der Waals surface area contributed by atoms with Gasteiger partial charge in [0.2, 0.25) is 10.0 Å². The van der Waals surface area contributed by atoms with Crippen molar-refractivity contribution in [2.24, 2.45) is 0 Å². The minimum atomic E-state index is -3.49. The predicted molar refractivity (Wildman–Crippen MR) is 94.9 cm³/mol. The maximum absolute atomic E-state index is 12.7. The first-order chi connectivity index (χ1) is 11.5. The zero-order chi connectivity index (χ0) is 17.2. The molecule has 0 aliphatic carbocycles. The van der Waals surface area contributed by atoms with Gasteiger partial charge in [-0.05, 0) is 12.1 Å². The second kappa shape index (κ2) is 7.23. The lowest BCUT2D eigenvalue weighted by atomic mass is 10.2. The highest BCUT2D eigenvalue weighted by Gasteiger charge is 2.28. The van der Waals surface area contributed by atoms with E-state index in [1.807, 2.05) is 4.90 Å². The highest BCUT2D eigenvalue weighted by molar-refractivity contribution is 7.88. The molecule has 1 fully saturated rings. The molecule has 128 valence electrons. The molecule has 3 rings (SSSR count). The molecule has 0 radical (unpaired) electrons. The number of rotatable bonds is 4. The van der Waals surface area contributed by atoms with Crippen molar-refractivity contribution >= 4 is 39.0 Å². The van der Waals surface area contributed by atoms with Crippen LogP contribution in [-0.4, -0.2) is 48.9 Å². The van der Waals surface area contributed by atoms with E-state index in [1.165, 1.54) is 4.31 Å². The van der Waals surface area contributed by atoms with Crippen LogP contribution >= 0.6 is 23.2 Å². The maximum atomic E-state index is 12.7. The Morgan fingerprint density at radius 2 is 1.71 bits per heavy atom. The molecular weight excluding hydrogens is 371 g/mol. The summed E-state index contributed by atoms with van der Waals surface area (Å²) in [6.45, 7) is 1.91. The molecule has 0 amide bonds. The minimum absolute atomic E-state index is 0.198. The van der Waals surface area contributed by atoms with Crippen LogP contribution in [0.3, 0.4) is 0 Å². The van der Waals surface area contributed by atoms with Crippen LogP contribution in [0.15, 0.2) is 36.8 Å². The van der Waals surface area contributed by atoms with E-state index in [-0.39, 0.29) is 5.75 Å². The summed E-state index contributed by atoms with van der Waals surface area (Å²) >= 11 is 12.2. The van der Waals surface area contributed by atoms with Gasteiger partial charge in [0.1, 0.15) is 5.82 Å². The van der Waals surface area contributed by atoms with Crippen LogP contribution in [0.5, 0.6) is 0 Å². The van der Waals surface area contributed by atoms with Gasteiger partial charge in [-0.2, -0.15) is 4.31 Å². The van der Waals surface area contributed by atoms with Crippen molar-refractivity contribution in [2.45, 2.75) is 5.75 Å². The lowest BCUT2D eigenvalue weighted by Crippen LogP contribution is -2.49. The number of hydrogen-bond donors (Lipinski definition) is 0. The van der Waals surface area contributed by atoms with E-state index in [2.05, 4.69) is 9.97 Å². The summed E-state index contributed by atoms with van der Waals surface area (Å²) < 4.78 is 26.8. The molecule has 1 saturated heterocycles. The molecule has 0 spiro atoms. The number of piperazine rings is 1. The van der Waals surface area contributed by atoms with Crippen LogP contribution in [0, 0.1) is 0 Å². The monoisotopic (exact) mass is 386 g/mol. The van der Waals surface area contributed by atoms with E-state index in [4.69, 9.17) is 23.2 Å². The zero-order valence-corrected chi connectivity index (χ0v) is 15.1. The van der Waals surface area contributed by atoms with E-state index in [1.54, 1.807) is 36.8 Å². The molecular formula is C15H16Cl2N4O2S. The Kier molecular flexibility index (Phi) is 5.24. The summed E-state index contributed by atoms with van der Waals surface area (Å²) in [5, 5.41) is 0.730. The van der Waals surface area contributed by atoms with E-state index in [9.17, 15) is 8.42 Å². The fourth-order valence-electron chi connectivity index (χ4n) is 2.59. The summed E-state index contributed by atoms with van der Waals surface area (Å²) in [4.78, 5) is 10.3. The van der Waals surface area contributed by atoms with Gasteiger partial charge in [-0.25, -0.2) is 13.4 Å². The van der Waals surface area contributed by atoms with E-state index in [0.717, 1.165) is 5.82 Å². The van der Waals surface area contributed by atoms with Crippen LogP contribution in [-0.2, 0) is 15.8 Å².